The van der Waals surface area contributed by atoms with Crippen LogP contribution in [0, 0.1) is 17.8 Å². The molecule has 1 aliphatic carbocycles. The first kappa shape index (κ1) is 18.5. The maximum atomic E-state index is 5.75. The third-order valence-electron chi connectivity index (χ3n) is 7.13. The van der Waals surface area contributed by atoms with Crippen LogP contribution in [-0.4, -0.2) is 79.1 Å². The first-order valence-electron chi connectivity index (χ1n) is 10.5. The predicted octanol–water partition coefficient (Wildman–Crippen LogP) is 2.92. The molecule has 144 valence electrons. The van der Waals surface area contributed by atoms with Gasteiger partial charge < -0.3 is 19.3 Å². The van der Waals surface area contributed by atoms with Gasteiger partial charge >= 0.3 is 0 Å². The Hall–Kier alpha value is 0.190. The molecule has 1 saturated carbocycles. The lowest BCUT2D eigenvalue weighted by atomic mass is 9.85. The van der Waals surface area contributed by atoms with E-state index >= 15 is 0 Å². The quantitative estimate of drug-likeness (QED) is 0.743. The third-order valence-corrected chi connectivity index (χ3v) is 8.63. The van der Waals surface area contributed by atoms with Gasteiger partial charge in [-0.2, -0.15) is 11.8 Å². The monoisotopic (exact) mass is 368 g/mol. The number of rotatable bonds is 5. The Kier molecular flexibility index (Phi) is 6.28. The molecule has 4 rings (SSSR count). The summed E-state index contributed by atoms with van der Waals surface area (Å²) in [5.74, 6) is 4.05. The molecule has 3 aliphatic heterocycles. The number of hydrogen-bond acceptors (Lipinski definition) is 5. The Balaban J connectivity index is 1.18. The van der Waals surface area contributed by atoms with E-state index in [1.165, 1.54) is 70.7 Å². The Morgan fingerprint density at radius 2 is 1.68 bits per heavy atom. The SMILES string of the molecule is CCC1C(CN2CCN(CC3CCC4OCOC4C3)CC2)CSC1C. The van der Waals surface area contributed by atoms with E-state index < -0.39 is 0 Å². The van der Waals surface area contributed by atoms with E-state index in [1.807, 2.05) is 0 Å². The van der Waals surface area contributed by atoms with E-state index in [0.717, 1.165) is 23.0 Å². The number of hydrogen-bond donors (Lipinski definition) is 0. The van der Waals surface area contributed by atoms with Crippen LogP contribution in [0.3, 0.4) is 0 Å². The van der Waals surface area contributed by atoms with Crippen molar-refractivity contribution in [3.63, 3.8) is 0 Å². The second-order valence-corrected chi connectivity index (χ2v) is 10.1. The maximum absolute atomic E-state index is 5.75. The smallest absolute Gasteiger partial charge is 0.147 e. The average molecular weight is 369 g/mol. The van der Waals surface area contributed by atoms with Gasteiger partial charge in [-0.15, -0.1) is 0 Å². The Bertz CT molecular complexity index is 430. The van der Waals surface area contributed by atoms with E-state index in [-0.39, 0.29) is 0 Å². The highest BCUT2D eigenvalue weighted by atomic mass is 32.2. The van der Waals surface area contributed by atoms with Gasteiger partial charge in [0.25, 0.3) is 0 Å². The summed E-state index contributed by atoms with van der Waals surface area (Å²) in [4.78, 5) is 5.45. The largest absolute Gasteiger partial charge is 0.349 e. The summed E-state index contributed by atoms with van der Waals surface area (Å²) in [5.41, 5.74) is 0. The first-order chi connectivity index (χ1) is 12.2. The third kappa shape index (κ3) is 4.37. The Labute approximate surface area is 158 Å². The minimum atomic E-state index is 0.382. The molecule has 0 aromatic carbocycles. The van der Waals surface area contributed by atoms with Crippen LogP contribution >= 0.6 is 11.8 Å². The number of nitrogens with zero attached hydrogens (tertiary/aromatic N) is 2. The highest BCUT2D eigenvalue weighted by Crippen LogP contribution is 2.39. The molecule has 25 heavy (non-hydrogen) atoms. The highest BCUT2D eigenvalue weighted by molar-refractivity contribution is 8.00. The molecule has 0 N–H and O–H groups in total. The van der Waals surface area contributed by atoms with Crippen LogP contribution in [0.25, 0.3) is 0 Å². The van der Waals surface area contributed by atoms with Crippen LogP contribution in [0.15, 0.2) is 0 Å². The van der Waals surface area contributed by atoms with Crippen molar-refractivity contribution in [2.24, 2.45) is 17.8 Å². The summed E-state index contributed by atoms with van der Waals surface area (Å²) >= 11 is 2.20. The zero-order valence-electron chi connectivity index (χ0n) is 16.1. The fourth-order valence-corrected chi connectivity index (χ4v) is 7.11. The van der Waals surface area contributed by atoms with Gasteiger partial charge in [-0.25, -0.2) is 0 Å². The van der Waals surface area contributed by atoms with E-state index in [9.17, 15) is 0 Å². The lowest BCUT2D eigenvalue weighted by Gasteiger charge is -2.39. The van der Waals surface area contributed by atoms with Gasteiger partial charge in [-0.05, 0) is 42.8 Å². The molecule has 0 bridgehead atoms. The topological polar surface area (TPSA) is 24.9 Å². The summed E-state index contributed by atoms with van der Waals surface area (Å²) in [6.45, 7) is 13.0. The molecule has 0 spiro atoms. The van der Waals surface area contributed by atoms with Crippen molar-refractivity contribution in [3.8, 4) is 0 Å². The lowest BCUT2D eigenvalue weighted by molar-refractivity contribution is 0.0366. The Morgan fingerprint density at radius 1 is 0.960 bits per heavy atom. The number of ether oxygens (including phenoxy) is 2. The van der Waals surface area contributed by atoms with Crippen molar-refractivity contribution in [2.75, 3.05) is 51.8 Å². The zero-order valence-corrected chi connectivity index (χ0v) is 16.9. The lowest BCUT2D eigenvalue weighted by Crippen LogP contribution is -2.50. The van der Waals surface area contributed by atoms with Crippen LogP contribution in [0.2, 0.25) is 0 Å². The van der Waals surface area contributed by atoms with Crippen LogP contribution in [0.1, 0.15) is 39.5 Å². The minimum Gasteiger partial charge on any atom is -0.349 e. The fourth-order valence-electron chi connectivity index (χ4n) is 5.54. The van der Waals surface area contributed by atoms with Crippen molar-refractivity contribution in [3.05, 3.63) is 0 Å². The summed E-state index contributed by atoms with van der Waals surface area (Å²) < 4.78 is 11.4. The molecule has 0 aromatic heterocycles. The molecule has 6 unspecified atom stereocenters. The number of fused-ring (bicyclic) bond motifs is 1. The van der Waals surface area contributed by atoms with Crippen molar-refractivity contribution in [1.29, 1.82) is 0 Å². The molecule has 0 aromatic rings. The summed E-state index contributed by atoms with van der Waals surface area (Å²) in [6.07, 6.45) is 5.86. The summed E-state index contributed by atoms with van der Waals surface area (Å²) in [6, 6.07) is 0. The van der Waals surface area contributed by atoms with Gasteiger partial charge in [-0.3, -0.25) is 0 Å². The van der Waals surface area contributed by atoms with E-state index in [1.54, 1.807) is 0 Å². The molecule has 0 amide bonds. The zero-order chi connectivity index (χ0) is 17.2. The molecule has 3 heterocycles. The summed E-state index contributed by atoms with van der Waals surface area (Å²) in [5, 5.41) is 0.869. The van der Waals surface area contributed by atoms with Crippen molar-refractivity contribution < 1.29 is 9.47 Å². The van der Waals surface area contributed by atoms with Gasteiger partial charge in [0.2, 0.25) is 0 Å². The molecule has 4 fully saturated rings. The molecule has 5 heteroatoms. The average Bonchev–Trinajstić information content (AvgIpc) is 3.22. The number of thioether (sulfide) groups is 1. The van der Waals surface area contributed by atoms with Crippen molar-refractivity contribution in [1.82, 2.24) is 9.80 Å². The molecular formula is C20H36N2O2S. The van der Waals surface area contributed by atoms with Gasteiger partial charge in [0.05, 0.1) is 12.2 Å². The van der Waals surface area contributed by atoms with E-state index in [2.05, 4.69) is 35.4 Å². The van der Waals surface area contributed by atoms with Crippen LogP contribution in [0.5, 0.6) is 0 Å². The van der Waals surface area contributed by atoms with E-state index in [4.69, 9.17) is 9.47 Å². The predicted molar refractivity (Wildman–Crippen MR) is 104 cm³/mol. The molecular weight excluding hydrogens is 332 g/mol. The van der Waals surface area contributed by atoms with Crippen LogP contribution in [0.4, 0.5) is 0 Å². The van der Waals surface area contributed by atoms with Gasteiger partial charge in [0.15, 0.2) is 0 Å². The standard InChI is InChI=1S/C20H36N2O2S/c1-3-18-15(2)25-13-17(18)12-22-8-6-21(7-9-22)11-16-4-5-19-20(10-16)24-14-23-19/h15-20H,3-14H2,1-2H3. The number of piperazine rings is 1. The van der Waals surface area contributed by atoms with Crippen LogP contribution < -0.4 is 0 Å². The molecule has 6 atom stereocenters. The van der Waals surface area contributed by atoms with Gasteiger partial charge in [-0.1, -0.05) is 20.3 Å². The normalized spacial score (nSPS) is 43.4. The van der Waals surface area contributed by atoms with Crippen molar-refractivity contribution >= 4 is 11.8 Å². The van der Waals surface area contributed by atoms with Gasteiger partial charge in [0, 0.05) is 44.5 Å². The molecule has 0 radical (unpaired) electrons. The minimum absolute atomic E-state index is 0.382. The molecule has 3 saturated heterocycles. The molecule has 4 nitrogen and oxygen atoms in total. The fraction of sp³-hybridized carbons (Fsp3) is 1.00. The van der Waals surface area contributed by atoms with E-state index in [0.29, 0.717) is 19.0 Å². The molecule has 4 aliphatic rings. The van der Waals surface area contributed by atoms with Gasteiger partial charge in [0.1, 0.15) is 6.79 Å². The second kappa shape index (κ2) is 8.47. The maximum Gasteiger partial charge on any atom is 0.147 e. The first-order valence-corrected chi connectivity index (χ1v) is 11.6. The van der Waals surface area contributed by atoms with Crippen molar-refractivity contribution in [2.45, 2.75) is 57.0 Å². The van der Waals surface area contributed by atoms with Crippen LogP contribution in [-0.2, 0) is 9.47 Å². The second-order valence-electron chi connectivity index (χ2n) is 8.68. The summed E-state index contributed by atoms with van der Waals surface area (Å²) in [7, 11) is 0. The highest BCUT2D eigenvalue weighted by Gasteiger charge is 2.37. The Morgan fingerprint density at radius 3 is 2.44 bits per heavy atom.